The van der Waals surface area contributed by atoms with E-state index in [-0.39, 0.29) is 17.9 Å². The van der Waals surface area contributed by atoms with Crippen LogP contribution in [0.25, 0.3) is 0 Å². The van der Waals surface area contributed by atoms with Crippen molar-refractivity contribution in [2.75, 3.05) is 23.7 Å². The molecule has 3 aromatic rings. The molecule has 0 aromatic heterocycles. The molecule has 2 atom stereocenters. The second-order valence-electron chi connectivity index (χ2n) is 8.40. The van der Waals surface area contributed by atoms with Crippen molar-refractivity contribution in [1.82, 2.24) is 5.43 Å². The van der Waals surface area contributed by atoms with Gasteiger partial charge in [-0.2, -0.15) is 5.10 Å². The number of methoxy groups -OCH3 is 1. The van der Waals surface area contributed by atoms with Gasteiger partial charge in [-0.1, -0.05) is 60.5 Å². The van der Waals surface area contributed by atoms with E-state index in [1.54, 1.807) is 19.2 Å². The van der Waals surface area contributed by atoms with Crippen LogP contribution in [0.1, 0.15) is 24.1 Å². The number of hydrazine groups is 1. The second kappa shape index (κ2) is 9.20. The van der Waals surface area contributed by atoms with E-state index in [2.05, 4.69) is 11.5 Å². The normalized spacial score (nSPS) is 19.1. The standard InChI is InChI=1S/C26H24Cl2N4O2/c1-16-24(26(33)30-31-14-13-17-5-3-4-6-22(17)31)29-32(23-12-9-19(27)15-21(23)28)25(16)18-7-10-20(34-2)11-8-18/h3-12,15-16,25H,13-14H2,1-2H3,(H,30,33)/t16-,25-/m1/s1. The van der Waals surface area contributed by atoms with Crippen molar-refractivity contribution in [1.29, 1.82) is 0 Å². The number of carbonyl (C=O) groups is 1. The molecule has 0 aliphatic carbocycles. The van der Waals surface area contributed by atoms with Crippen molar-refractivity contribution < 1.29 is 9.53 Å². The highest BCUT2D eigenvalue weighted by Gasteiger charge is 2.40. The van der Waals surface area contributed by atoms with Crippen molar-refractivity contribution in [3.8, 4) is 5.75 Å². The summed E-state index contributed by atoms with van der Waals surface area (Å²) in [5.74, 6) is 0.338. The van der Waals surface area contributed by atoms with Gasteiger partial charge in [0.1, 0.15) is 11.5 Å². The molecule has 0 saturated carbocycles. The molecule has 1 amide bonds. The Hall–Kier alpha value is -3.22. The molecule has 2 heterocycles. The Bertz CT molecular complexity index is 1260. The first-order valence-corrected chi connectivity index (χ1v) is 11.8. The first-order chi connectivity index (χ1) is 16.5. The summed E-state index contributed by atoms with van der Waals surface area (Å²) in [5, 5.41) is 9.50. The zero-order valence-electron chi connectivity index (χ0n) is 18.8. The number of para-hydroxylation sites is 1. The molecule has 8 heteroatoms. The number of fused-ring (bicyclic) bond motifs is 1. The molecule has 3 aromatic carbocycles. The molecule has 0 spiro atoms. The first kappa shape index (κ1) is 22.6. The monoisotopic (exact) mass is 494 g/mol. The smallest absolute Gasteiger partial charge is 0.286 e. The van der Waals surface area contributed by atoms with Crippen LogP contribution < -0.4 is 20.2 Å². The minimum Gasteiger partial charge on any atom is -0.497 e. The van der Waals surface area contributed by atoms with E-state index in [9.17, 15) is 4.79 Å². The maximum Gasteiger partial charge on any atom is 0.286 e. The summed E-state index contributed by atoms with van der Waals surface area (Å²) < 4.78 is 5.32. The maximum atomic E-state index is 13.4. The Balaban J connectivity index is 1.48. The molecule has 0 fully saturated rings. The van der Waals surface area contributed by atoms with Crippen LogP contribution in [0.5, 0.6) is 5.75 Å². The van der Waals surface area contributed by atoms with Gasteiger partial charge in [-0.05, 0) is 53.9 Å². The lowest BCUT2D eigenvalue weighted by atomic mass is 9.91. The van der Waals surface area contributed by atoms with Gasteiger partial charge >= 0.3 is 0 Å². The van der Waals surface area contributed by atoms with E-state index in [1.165, 1.54) is 5.56 Å². The first-order valence-electron chi connectivity index (χ1n) is 11.1. The Kier molecular flexibility index (Phi) is 6.11. The summed E-state index contributed by atoms with van der Waals surface area (Å²) in [6, 6.07) is 20.9. The molecule has 5 rings (SSSR count). The molecule has 0 bridgehead atoms. The van der Waals surface area contributed by atoms with Gasteiger partial charge in [0.05, 0.1) is 29.5 Å². The molecule has 0 saturated heterocycles. The number of hydrogen-bond acceptors (Lipinski definition) is 5. The van der Waals surface area contributed by atoms with Crippen LogP contribution in [-0.2, 0) is 11.2 Å². The fourth-order valence-electron chi connectivity index (χ4n) is 4.62. The van der Waals surface area contributed by atoms with Gasteiger partial charge in [-0.15, -0.1) is 0 Å². The number of carbonyl (C=O) groups excluding carboxylic acids is 1. The minimum absolute atomic E-state index is 0.196. The summed E-state index contributed by atoms with van der Waals surface area (Å²) in [6.45, 7) is 2.73. The molecular weight excluding hydrogens is 471 g/mol. The predicted octanol–water partition coefficient (Wildman–Crippen LogP) is 5.65. The summed E-state index contributed by atoms with van der Waals surface area (Å²) in [5.41, 5.74) is 7.42. The fraction of sp³-hybridized carbons (Fsp3) is 0.231. The van der Waals surface area contributed by atoms with Crippen molar-refractivity contribution in [3.05, 3.63) is 87.9 Å². The van der Waals surface area contributed by atoms with E-state index < -0.39 is 0 Å². The van der Waals surface area contributed by atoms with Gasteiger partial charge in [0.2, 0.25) is 0 Å². The highest BCUT2D eigenvalue weighted by molar-refractivity contribution is 6.41. The molecule has 34 heavy (non-hydrogen) atoms. The van der Waals surface area contributed by atoms with Crippen LogP contribution in [-0.4, -0.2) is 25.3 Å². The quantitative estimate of drug-likeness (QED) is 0.497. The number of nitrogens with zero attached hydrogens (tertiary/aromatic N) is 3. The summed E-state index contributed by atoms with van der Waals surface area (Å²) in [7, 11) is 1.63. The third-order valence-electron chi connectivity index (χ3n) is 6.35. The van der Waals surface area contributed by atoms with Gasteiger partial charge in [-0.25, -0.2) is 0 Å². The van der Waals surface area contributed by atoms with Crippen LogP contribution >= 0.6 is 23.2 Å². The topological polar surface area (TPSA) is 57.2 Å². The Labute approximate surface area is 208 Å². The largest absolute Gasteiger partial charge is 0.497 e. The molecule has 6 nitrogen and oxygen atoms in total. The van der Waals surface area contributed by atoms with Gasteiger partial charge in [0.25, 0.3) is 5.91 Å². The Morgan fingerprint density at radius 3 is 2.56 bits per heavy atom. The lowest BCUT2D eigenvalue weighted by Crippen LogP contribution is -2.45. The van der Waals surface area contributed by atoms with Crippen molar-refractivity contribution in [3.63, 3.8) is 0 Å². The number of amides is 1. The molecule has 2 aliphatic rings. The van der Waals surface area contributed by atoms with Crippen LogP contribution in [0.3, 0.4) is 0 Å². The van der Waals surface area contributed by atoms with E-state index in [4.69, 9.17) is 33.0 Å². The van der Waals surface area contributed by atoms with Crippen molar-refractivity contribution in [2.24, 2.45) is 11.0 Å². The summed E-state index contributed by atoms with van der Waals surface area (Å²) in [6.07, 6.45) is 0.888. The fourth-order valence-corrected chi connectivity index (χ4v) is 5.11. The second-order valence-corrected chi connectivity index (χ2v) is 9.25. The molecular formula is C26H24Cl2N4O2. The number of halogens is 2. The number of hydrogen-bond donors (Lipinski definition) is 1. The number of ether oxygens (including phenoxy) is 1. The highest BCUT2D eigenvalue weighted by atomic mass is 35.5. The molecule has 0 unspecified atom stereocenters. The summed E-state index contributed by atoms with van der Waals surface area (Å²) >= 11 is 12.7. The maximum absolute atomic E-state index is 13.4. The van der Waals surface area contributed by atoms with E-state index in [1.807, 2.05) is 65.5 Å². The average Bonchev–Trinajstić information content (AvgIpc) is 3.40. The number of anilines is 2. The van der Waals surface area contributed by atoms with Crippen LogP contribution in [0, 0.1) is 5.92 Å². The number of nitrogens with one attached hydrogen (secondary N) is 1. The van der Waals surface area contributed by atoms with E-state index in [0.29, 0.717) is 21.4 Å². The van der Waals surface area contributed by atoms with E-state index in [0.717, 1.165) is 30.0 Å². The van der Waals surface area contributed by atoms with Gasteiger partial charge in [0, 0.05) is 17.5 Å². The van der Waals surface area contributed by atoms with Crippen LogP contribution in [0.15, 0.2) is 71.8 Å². The number of benzene rings is 3. The number of hydrazone groups is 1. The van der Waals surface area contributed by atoms with Gasteiger partial charge in [-0.3, -0.25) is 20.2 Å². The molecule has 2 aliphatic heterocycles. The summed E-state index contributed by atoms with van der Waals surface area (Å²) in [4.78, 5) is 13.4. The lowest BCUT2D eigenvalue weighted by Gasteiger charge is -2.28. The third-order valence-corrected chi connectivity index (χ3v) is 6.89. The molecule has 1 N–H and O–H groups in total. The van der Waals surface area contributed by atoms with Crippen molar-refractivity contribution in [2.45, 2.75) is 19.4 Å². The molecule has 0 radical (unpaired) electrons. The van der Waals surface area contributed by atoms with Gasteiger partial charge < -0.3 is 4.74 Å². The minimum atomic E-state index is -0.227. The lowest BCUT2D eigenvalue weighted by molar-refractivity contribution is -0.115. The Morgan fingerprint density at radius 2 is 1.82 bits per heavy atom. The highest BCUT2D eigenvalue weighted by Crippen LogP contribution is 2.42. The van der Waals surface area contributed by atoms with Crippen LogP contribution in [0.2, 0.25) is 10.0 Å². The number of rotatable bonds is 5. The average molecular weight is 495 g/mol. The zero-order valence-corrected chi connectivity index (χ0v) is 20.3. The molecule has 174 valence electrons. The SMILES string of the molecule is COc1ccc([C@H]2[C@H](C)C(C(=O)NN3CCc4ccccc43)=NN2c2ccc(Cl)cc2Cl)cc1. The van der Waals surface area contributed by atoms with Crippen LogP contribution in [0.4, 0.5) is 11.4 Å². The zero-order chi connectivity index (χ0) is 23.8. The Morgan fingerprint density at radius 1 is 1.06 bits per heavy atom. The third kappa shape index (κ3) is 4.08. The van der Waals surface area contributed by atoms with Gasteiger partial charge in [0.15, 0.2) is 0 Å². The van der Waals surface area contributed by atoms with Crippen molar-refractivity contribution >= 4 is 46.2 Å². The van der Waals surface area contributed by atoms with E-state index >= 15 is 0 Å². The predicted molar refractivity (Wildman–Crippen MR) is 137 cm³/mol.